The van der Waals surface area contributed by atoms with Gasteiger partial charge in [0.1, 0.15) is 42.4 Å². The molecule has 12 N–H and O–H groups in total. The van der Waals surface area contributed by atoms with E-state index in [0.717, 1.165) is 0 Å². The van der Waals surface area contributed by atoms with Crippen LogP contribution in [0.1, 0.15) is 66.1 Å². The molecule has 10 atom stereocenters. The third kappa shape index (κ3) is 11.1. The molecule has 2 aliphatic rings. The van der Waals surface area contributed by atoms with Crippen LogP contribution in [0.15, 0.2) is 35.3 Å². The smallest absolute Gasteiger partial charge is 0.246 e. The minimum Gasteiger partial charge on any atom is -0.391 e. The number of carbonyl (C=O) groups is 6. The van der Waals surface area contributed by atoms with Crippen LogP contribution < -0.4 is 43.0 Å². The molecular weight excluding hydrogens is 678 g/mol. The molecule has 2 aliphatic heterocycles. The maximum Gasteiger partial charge on any atom is 0.246 e. The van der Waals surface area contributed by atoms with E-state index in [1.807, 2.05) is 0 Å². The zero-order chi connectivity index (χ0) is 38.9. The van der Waals surface area contributed by atoms with Crippen LogP contribution in [0, 0.1) is 11.8 Å². The summed E-state index contributed by atoms with van der Waals surface area (Å²) >= 11 is 0. The van der Waals surface area contributed by atoms with E-state index in [0.29, 0.717) is 0 Å². The molecule has 288 valence electrons. The van der Waals surface area contributed by atoms with Gasteiger partial charge >= 0.3 is 0 Å². The summed E-state index contributed by atoms with van der Waals surface area (Å²) in [5.41, 5.74) is 6.11. The average Bonchev–Trinajstić information content (AvgIpc) is 3.07. The second kappa shape index (κ2) is 18.6. The Morgan fingerprint density at radius 1 is 0.654 bits per heavy atom. The second-order valence-electron chi connectivity index (χ2n) is 14.0. The molecule has 1 aromatic rings. The highest BCUT2D eigenvalue weighted by molar-refractivity contribution is 5.99. The molecule has 6 amide bonds. The lowest BCUT2D eigenvalue weighted by molar-refractivity contribution is -0.140. The Morgan fingerprint density at radius 2 is 1.15 bits per heavy atom. The average molecular weight is 732 g/mol. The van der Waals surface area contributed by atoms with Crippen molar-refractivity contribution in [3.05, 3.63) is 35.9 Å². The van der Waals surface area contributed by atoms with E-state index in [1.165, 1.54) is 26.0 Å². The van der Waals surface area contributed by atoms with E-state index in [1.54, 1.807) is 45.9 Å². The molecule has 0 spiro atoms. The van der Waals surface area contributed by atoms with Gasteiger partial charge in [-0.2, -0.15) is 0 Å². The number of nitrogens with two attached hydrogens (primary N) is 1. The van der Waals surface area contributed by atoms with Crippen LogP contribution in [0.5, 0.6) is 0 Å². The van der Waals surface area contributed by atoms with Gasteiger partial charge in [-0.3, -0.25) is 33.8 Å². The first kappa shape index (κ1) is 41.6. The fourth-order valence-electron chi connectivity index (χ4n) is 5.90. The van der Waals surface area contributed by atoms with Crippen LogP contribution in [0.3, 0.4) is 0 Å². The van der Waals surface area contributed by atoms with Crippen LogP contribution in [0.25, 0.3) is 0 Å². The SMILES string of the molecule is CC(C)C[C@H]1NC(=O)[C@H]([C@H](O)c2ccccc2)NC(=O)[C@@H]([C@@H](C)O)NC(=O)[C@H]([C@@H](C)O)NC(=O)[C@@H]([C@@H]2CCN=C(N)N2)NC(=O)[C@H](C(C)C)NC1=O. The van der Waals surface area contributed by atoms with Gasteiger partial charge in [0.25, 0.3) is 0 Å². The first-order chi connectivity index (χ1) is 24.4. The lowest BCUT2D eigenvalue weighted by Crippen LogP contribution is -2.67. The summed E-state index contributed by atoms with van der Waals surface area (Å²) in [7, 11) is 0. The minimum absolute atomic E-state index is 0.00466. The largest absolute Gasteiger partial charge is 0.391 e. The number of hydrogen-bond acceptors (Lipinski definition) is 12. The van der Waals surface area contributed by atoms with E-state index in [-0.39, 0.29) is 36.8 Å². The van der Waals surface area contributed by atoms with E-state index in [9.17, 15) is 44.1 Å². The topological polar surface area (TPSA) is 286 Å². The lowest BCUT2D eigenvalue weighted by Gasteiger charge is -2.34. The van der Waals surface area contributed by atoms with Crippen molar-refractivity contribution in [2.24, 2.45) is 22.6 Å². The molecule has 1 fully saturated rings. The quantitative estimate of drug-likeness (QED) is 0.127. The number of aliphatic hydroxyl groups is 3. The molecule has 0 aliphatic carbocycles. The molecule has 18 nitrogen and oxygen atoms in total. The van der Waals surface area contributed by atoms with Gasteiger partial charge in [-0.05, 0) is 44.1 Å². The van der Waals surface area contributed by atoms with Gasteiger partial charge in [0.2, 0.25) is 35.4 Å². The van der Waals surface area contributed by atoms with Crippen molar-refractivity contribution < 1.29 is 44.1 Å². The molecule has 1 aromatic carbocycles. The molecule has 18 heteroatoms. The van der Waals surface area contributed by atoms with Crippen LogP contribution in [-0.4, -0.2) is 118 Å². The molecule has 2 heterocycles. The molecular formula is C34H53N9O9. The highest BCUT2D eigenvalue weighted by atomic mass is 16.3. The Bertz CT molecular complexity index is 1470. The zero-order valence-corrected chi connectivity index (χ0v) is 30.3. The summed E-state index contributed by atoms with van der Waals surface area (Å²) in [4.78, 5) is 86.9. The van der Waals surface area contributed by atoms with E-state index >= 15 is 0 Å². The summed E-state index contributed by atoms with van der Waals surface area (Å²) in [6.07, 6.45) is -4.47. The number of rotatable bonds is 8. The zero-order valence-electron chi connectivity index (χ0n) is 30.3. The predicted molar refractivity (Wildman–Crippen MR) is 189 cm³/mol. The normalized spacial score (nSPS) is 29.1. The number of benzene rings is 1. The summed E-state index contributed by atoms with van der Waals surface area (Å²) in [6, 6.07) is -2.01. The van der Waals surface area contributed by atoms with Crippen molar-refractivity contribution in [1.29, 1.82) is 0 Å². The number of nitrogens with zero attached hydrogens (tertiary/aromatic N) is 1. The molecule has 0 saturated carbocycles. The third-order valence-electron chi connectivity index (χ3n) is 8.79. The Kier molecular flexibility index (Phi) is 14.9. The number of amides is 6. The maximum absolute atomic E-state index is 13.9. The highest BCUT2D eigenvalue weighted by Gasteiger charge is 2.41. The fourth-order valence-corrected chi connectivity index (χ4v) is 5.90. The van der Waals surface area contributed by atoms with Crippen LogP contribution >= 0.6 is 0 Å². The van der Waals surface area contributed by atoms with Gasteiger partial charge in [0.05, 0.1) is 18.2 Å². The highest BCUT2D eigenvalue weighted by Crippen LogP contribution is 2.19. The van der Waals surface area contributed by atoms with Crippen LogP contribution in [0.2, 0.25) is 0 Å². The van der Waals surface area contributed by atoms with Crippen molar-refractivity contribution in [2.45, 2.75) is 115 Å². The van der Waals surface area contributed by atoms with Gasteiger partial charge in [-0.15, -0.1) is 0 Å². The molecule has 0 bridgehead atoms. The summed E-state index contributed by atoms with van der Waals surface area (Å²) in [5.74, 6) is -6.23. The minimum atomic E-state index is -1.75. The summed E-state index contributed by atoms with van der Waals surface area (Å²) < 4.78 is 0. The Morgan fingerprint density at radius 3 is 1.67 bits per heavy atom. The van der Waals surface area contributed by atoms with Gasteiger partial charge < -0.3 is 58.3 Å². The number of aliphatic imine (C=N–C) groups is 1. The molecule has 0 radical (unpaired) electrons. The first-order valence-corrected chi connectivity index (χ1v) is 17.4. The number of aliphatic hydroxyl groups excluding tert-OH is 3. The molecule has 1 saturated heterocycles. The van der Waals surface area contributed by atoms with E-state index in [2.05, 4.69) is 42.2 Å². The predicted octanol–water partition coefficient (Wildman–Crippen LogP) is -3.22. The summed E-state index contributed by atoms with van der Waals surface area (Å²) in [5, 5.41) is 50.5. The Hall–Kier alpha value is -4.81. The van der Waals surface area contributed by atoms with Gasteiger partial charge in [-0.25, -0.2) is 0 Å². The second-order valence-corrected chi connectivity index (χ2v) is 14.0. The molecule has 52 heavy (non-hydrogen) atoms. The van der Waals surface area contributed by atoms with E-state index in [4.69, 9.17) is 5.73 Å². The maximum atomic E-state index is 13.9. The number of carbonyl (C=O) groups excluding carboxylic acids is 6. The van der Waals surface area contributed by atoms with Crippen molar-refractivity contribution in [3.8, 4) is 0 Å². The van der Waals surface area contributed by atoms with E-state index < -0.39 is 102 Å². The third-order valence-corrected chi connectivity index (χ3v) is 8.79. The molecule has 0 aromatic heterocycles. The van der Waals surface area contributed by atoms with Gasteiger partial charge in [0, 0.05) is 6.54 Å². The standard InChI is InChI=1S/C34H53N9O9/c1-15(2)14-21-28(47)39-22(16(3)4)29(48)42-25(20-12-13-36-34(35)38-20)32(51)41-23(17(5)44)30(49)40-24(18(6)45)31(50)43-26(33(52)37-21)27(46)19-10-8-7-9-11-19/h7-11,15-18,20-27,44-46H,12-14H2,1-6H3,(H,37,52)(H,39,47)(H,40,49)(H,41,51)(H,42,48)(H,43,50)(H3,35,36,38)/t17-,18-,20+,21-,22+,23+,24-,25-,26+,27-/m1/s1. The first-order valence-electron chi connectivity index (χ1n) is 17.4. The lowest BCUT2D eigenvalue weighted by atomic mass is 9.96. The summed E-state index contributed by atoms with van der Waals surface area (Å²) in [6.45, 7) is 9.55. The Labute approximate surface area is 302 Å². The Balaban J connectivity index is 2.14. The monoisotopic (exact) mass is 731 g/mol. The molecule has 3 rings (SSSR count). The van der Waals surface area contributed by atoms with Crippen molar-refractivity contribution in [2.75, 3.05) is 6.54 Å². The van der Waals surface area contributed by atoms with Gasteiger partial charge in [-0.1, -0.05) is 58.0 Å². The van der Waals surface area contributed by atoms with Crippen molar-refractivity contribution >= 4 is 41.4 Å². The van der Waals surface area contributed by atoms with Crippen molar-refractivity contribution in [1.82, 2.24) is 37.2 Å². The number of hydrogen-bond donors (Lipinski definition) is 11. The number of guanidine groups is 1. The number of nitrogens with one attached hydrogen (secondary N) is 7. The van der Waals surface area contributed by atoms with Crippen LogP contribution in [0.4, 0.5) is 0 Å². The fraction of sp³-hybridized carbons (Fsp3) is 0.618. The van der Waals surface area contributed by atoms with Crippen molar-refractivity contribution in [3.63, 3.8) is 0 Å². The van der Waals surface area contributed by atoms with Gasteiger partial charge in [0.15, 0.2) is 5.96 Å². The molecule has 0 unspecified atom stereocenters. The van der Waals surface area contributed by atoms with Crippen LogP contribution in [-0.2, 0) is 28.8 Å².